The van der Waals surface area contributed by atoms with E-state index < -0.39 is 11.8 Å². The minimum atomic E-state index is -0.671. The molecule has 0 saturated heterocycles. The van der Waals surface area contributed by atoms with Crippen LogP contribution in [0.5, 0.6) is 0 Å². The molecule has 17 heavy (non-hydrogen) atoms. The maximum absolute atomic E-state index is 13.0. The third-order valence-corrected chi connectivity index (χ3v) is 2.59. The van der Waals surface area contributed by atoms with Crippen LogP contribution in [0.2, 0.25) is 0 Å². The number of ether oxygens (including phenoxy) is 1. The number of hydrogen-bond donors (Lipinski definition) is 1. The summed E-state index contributed by atoms with van der Waals surface area (Å²) in [4.78, 5) is 23.0. The molecule has 1 N–H and O–H groups in total. The Bertz CT molecular complexity index is 469. The lowest BCUT2D eigenvalue weighted by Crippen LogP contribution is -2.16. The van der Waals surface area contributed by atoms with E-state index in [4.69, 9.17) is 0 Å². The fourth-order valence-corrected chi connectivity index (χ4v) is 1.48. The van der Waals surface area contributed by atoms with Crippen molar-refractivity contribution in [2.45, 2.75) is 12.8 Å². The highest BCUT2D eigenvalue weighted by Gasteiger charge is 2.30. The number of carbonyl (C=O) groups excluding carboxylic acids is 2. The lowest BCUT2D eigenvalue weighted by molar-refractivity contribution is -0.117. The molecule has 4 nitrogen and oxygen atoms in total. The number of nitrogens with one attached hydrogen (secondary N) is 1. The first-order chi connectivity index (χ1) is 8.11. The van der Waals surface area contributed by atoms with Crippen LogP contribution < -0.4 is 5.32 Å². The van der Waals surface area contributed by atoms with Crippen LogP contribution in [-0.4, -0.2) is 19.0 Å². The molecule has 0 heterocycles. The summed E-state index contributed by atoms with van der Waals surface area (Å²) in [5.41, 5.74) is 0.316. The molecular weight excluding hydrogens is 225 g/mol. The Balaban J connectivity index is 2.25. The molecule has 2 rings (SSSR count). The standard InChI is InChI=1S/C12H12FNO3/c1-17-12(16)9-6-8(13)4-5-10(9)14-11(15)7-2-3-7/h4-7H,2-3H2,1H3,(H,14,15). The third-order valence-electron chi connectivity index (χ3n) is 2.59. The third kappa shape index (κ3) is 2.61. The van der Waals surface area contributed by atoms with Crippen LogP contribution in [0.15, 0.2) is 18.2 Å². The molecule has 0 aliphatic heterocycles. The van der Waals surface area contributed by atoms with Crippen molar-refractivity contribution in [3.8, 4) is 0 Å². The molecular formula is C12H12FNO3. The van der Waals surface area contributed by atoms with Crippen LogP contribution in [0.25, 0.3) is 0 Å². The highest BCUT2D eigenvalue weighted by atomic mass is 19.1. The van der Waals surface area contributed by atoms with E-state index in [2.05, 4.69) is 10.1 Å². The quantitative estimate of drug-likeness (QED) is 0.817. The number of amides is 1. The lowest BCUT2D eigenvalue weighted by Gasteiger charge is -2.09. The van der Waals surface area contributed by atoms with Gasteiger partial charge in [-0.05, 0) is 31.0 Å². The van der Waals surface area contributed by atoms with Gasteiger partial charge < -0.3 is 10.1 Å². The van der Waals surface area contributed by atoms with E-state index in [1.165, 1.54) is 19.2 Å². The summed E-state index contributed by atoms with van der Waals surface area (Å²) in [6, 6.07) is 3.60. The molecule has 0 atom stereocenters. The molecule has 0 spiro atoms. The van der Waals surface area contributed by atoms with Crippen molar-refractivity contribution < 1.29 is 18.7 Å². The van der Waals surface area contributed by atoms with Gasteiger partial charge in [0, 0.05) is 5.92 Å². The SMILES string of the molecule is COC(=O)c1cc(F)ccc1NC(=O)C1CC1. The van der Waals surface area contributed by atoms with Gasteiger partial charge in [0.15, 0.2) is 0 Å². The second kappa shape index (κ2) is 4.53. The number of rotatable bonds is 3. The van der Waals surface area contributed by atoms with Crippen molar-refractivity contribution in [3.05, 3.63) is 29.6 Å². The van der Waals surface area contributed by atoms with Gasteiger partial charge in [-0.2, -0.15) is 0 Å². The van der Waals surface area contributed by atoms with E-state index in [-0.39, 0.29) is 23.1 Å². The number of anilines is 1. The smallest absolute Gasteiger partial charge is 0.340 e. The van der Waals surface area contributed by atoms with Crippen LogP contribution in [0, 0.1) is 11.7 Å². The molecule has 1 fully saturated rings. The highest BCUT2D eigenvalue weighted by molar-refractivity contribution is 6.02. The minimum absolute atomic E-state index is 0.0190. The van der Waals surface area contributed by atoms with Crippen molar-refractivity contribution >= 4 is 17.6 Å². The zero-order valence-electron chi connectivity index (χ0n) is 9.33. The zero-order chi connectivity index (χ0) is 12.4. The predicted octanol–water partition coefficient (Wildman–Crippen LogP) is 1.96. The first-order valence-corrected chi connectivity index (χ1v) is 5.30. The first kappa shape index (κ1) is 11.6. The fraction of sp³-hybridized carbons (Fsp3) is 0.333. The Morgan fingerprint density at radius 2 is 2.12 bits per heavy atom. The van der Waals surface area contributed by atoms with Crippen molar-refractivity contribution in [1.82, 2.24) is 0 Å². The Hall–Kier alpha value is -1.91. The van der Waals surface area contributed by atoms with Gasteiger partial charge in [0.25, 0.3) is 0 Å². The molecule has 1 aromatic rings. The van der Waals surface area contributed by atoms with Crippen LogP contribution in [0.1, 0.15) is 23.2 Å². The minimum Gasteiger partial charge on any atom is -0.465 e. The van der Waals surface area contributed by atoms with Crippen molar-refractivity contribution in [1.29, 1.82) is 0 Å². The van der Waals surface area contributed by atoms with Crippen LogP contribution in [0.3, 0.4) is 0 Å². The van der Waals surface area contributed by atoms with Gasteiger partial charge in [-0.15, -0.1) is 0 Å². The Labute approximate surface area is 97.8 Å². The molecule has 1 amide bonds. The number of methoxy groups -OCH3 is 1. The van der Waals surface area contributed by atoms with E-state index in [1.807, 2.05) is 0 Å². The molecule has 1 saturated carbocycles. The number of hydrogen-bond acceptors (Lipinski definition) is 3. The summed E-state index contributed by atoms with van der Waals surface area (Å²) in [5, 5.41) is 2.61. The molecule has 1 aromatic carbocycles. The van der Waals surface area contributed by atoms with E-state index in [0.717, 1.165) is 18.9 Å². The number of carbonyl (C=O) groups is 2. The van der Waals surface area contributed by atoms with Crippen LogP contribution >= 0.6 is 0 Å². The van der Waals surface area contributed by atoms with Gasteiger partial charge in [-0.3, -0.25) is 4.79 Å². The van der Waals surface area contributed by atoms with Gasteiger partial charge in [0.2, 0.25) is 5.91 Å². The molecule has 0 aromatic heterocycles. The summed E-state index contributed by atoms with van der Waals surface area (Å²) in [6.45, 7) is 0. The molecule has 0 unspecified atom stereocenters. The van der Waals surface area contributed by atoms with E-state index in [9.17, 15) is 14.0 Å². The van der Waals surface area contributed by atoms with Crippen LogP contribution in [0.4, 0.5) is 10.1 Å². The summed E-state index contributed by atoms with van der Waals surface area (Å²) < 4.78 is 17.6. The molecule has 0 bridgehead atoms. The monoisotopic (exact) mass is 237 g/mol. The van der Waals surface area contributed by atoms with Gasteiger partial charge in [0.05, 0.1) is 18.4 Å². The Kier molecular flexibility index (Phi) is 3.08. The summed E-state index contributed by atoms with van der Waals surface area (Å²) in [6.07, 6.45) is 1.72. The second-order valence-electron chi connectivity index (χ2n) is 3.95. The van der Waals surface area contributed by atoms with E-state index in [0.29, 0.717) is 0 Å². The summed E-state index contributed by atoms with van der Waals surface area (Å²) >= 11 is 0. The summed E-state index contributed by atoms with van der Waals surface area (Å²) in [7, 11) is 1.21. The largest absolute Gasteiger partial charge is 0.465 e. The highest BCUT2D eigenvalue weighted by Crippen LogP contribution is 2.30. The van der Waals surface area contributed by atoms with E-state index >= 15 is 0 Å². The predicted molar refractivity (Wildman–Crippen MR) is 59.1 cm³/mol. The Morgan fingerprint density at radius 1 is 1.41 bits per heavy atom. The van der Waals surface area contributed by atoms with Crippen LogP contribution in [-0.2, 0) is 9.53 Å². The molecule has 0 radical (unpaired) electrons. The normalized spacial score (nSPS) is 14.2. The average Bonchev–Trinajstić information content (AvgIpc) is 3.14. The van der Waals surface area contributed by atoms with Gasteiger partial charge in [-0.25, -0.2) is 9.18 Å². The topological polar surface area (TPSA) is 55.4 Å². The Morgan fingerprint density at radius 3 is 2.71 bits per heavy atom. The number of benzene rings is 1. The maximum Gasteiger partial charge on any atom is 0.340 e. The molecule has 1 aliphatic rings. The van der Waals surface area contributed by atoms with Crippen molar-refractivity contribution in [2.24, 2.45) is 5.92 Å². The van der Waals surface area contributed by atoms with Crippen molar-refractivity contribution in [3.63, 3.8) is 0 Å². The first-order valence-electron chi connectivity index (χ1n) is 5.30. The average molecular weight is 237 g/mol. The zero-order valence-corrected chi connectivity index (χ0v) is 9.33. The summed E-state index contributed by atoms with van der Waals surface area (Å²) in [5.74, 6) is -1.34. The van der Waals surface area contributed by atoms with E-state index in [1.54, 1.807) is 0 Å². The molecule has 1 aliphatic carbocycles. The number of esters is 1. The second-order valence-corrected chi connectivity index (χ2v) is 3.95. The fourth-order valence-electron chi connectivity index (χ4n) is 1.48. The maximum atomic E-state index is 13.0. The molecule has 5 heteroatoms. The van der Waals surface area contributed by atoms with Gasteiger partial charge >= 0.3 is 5.97 Å². The van der Waals surface area contributed by atoms with Crippen molar-refractivity contribution in [2.75, 3.05) is 12.4 Å². The van der Waals surface area contributed by atoms with Gasteiger partial charge in [-0.1, -0.05) is 0 Å². The number of halogens is 1. The van der Waals surface area contributed by atoms with Gasteiger partial charge in [0.1, 0.15) is 5.82 Å². The lowest BCUT2D eigenvalue weighted by atomic mass is 10.1. The molecule has 90 valence electrons.